The van der Waals surface area contributed by atoms with Crippen LogP contribution in [0.2, 0.25) is 0 Å². The zero-order valence-corrected chi connectivity index (χ0v) is 69.0. The second-order valence-corrected chi connectivity index (χ2v) is 33.0. The zero-order valence-electron chi connectivity index (χ0n) is 69.0. The van der Waals surface area contributed by atoms with Crippen molar-refractivity contribution in [2.24, 2.45) is 110 Å². The fourth-order valence-corrected chi connectivity index (χ4v) is 15.1. The lowest BCUT2D eigenvalue weighted by molar-refractivity contribution is -0.166. The third-order valence-electron chi connectivity index (χ3n) is 23.9. The monoisotopic (exact) mass is 1520 g/mol. The lowest BCUT2D eigenvalue weighted by atomic mass is 9.79. The minimum atomic E-state index is -0.906. The summed E-state index contributed by atoms with van der Waals surface area (Å²) in [4.78, 5) is 134. The average molecular weight is 1520 g/mol. The first-order valence-electron chi connectivity index (χ1n) is 39.0. The second-order valence-electron chi connectivity index (χ2n) is 33.0. The Morgan fingerprint density at radius 1 is 0.458 bits per heavy atom. The van der Waals surface area contributed by atoms with Crippen LogP contribution in [0.15, 0.2) is 0 Å². The van der Waals surface area contributed by atoms with Crippen molar-refractivity contribution >= 4 is 71.6 Å². The summed E-state index contributed by atoms with van der Waals surface area (Å²) in [7, 11) is 8.95. The van der Waals surface area contributed by atoms with Crippen LogP contribution < -0.4 is 0 Å². The number of methoxy groups -OCH3 is 5. The summed E-state index contributed by atoms with van der Waals surface area (Å²) in [6.07, 6.45) is 14.3. The molecular weight excluding hydrogens is 1390 g/mol. The molecule has 6 aliphatic heterocycles. The summed E-state index contributed by atoms with van der Waals surface area (Å²) >= 11 is 0. The van der Waals surface area contributed by atoms with Crippen molar-refractivity contribution in [3.05, 3.63) is 0 Å². The Bertz CT molecular complexity index is 2800. The van der Waals surface area contributed by atoms with Crippen LogP contribution in [0.1, 0.15) is 227 Å². The van der Waals surface area contributed by atoms with Crippen molar-refractivity contribution in [2.75, 3.05) is 75.7 Å². The number of carbonyl (C=O) groups excluding carboxylic acids is 12. The van der Waals surface area contributed by atoms with Gasteiger partial charge in [0.05, 0.1) is 92.7 Å². The van der Waals surface area contributed by atoms with Gasteiger partial charge in [-0.1, -0.05) is 76.2 Å². The van der Waals surface area contributed by atoms with E-state index in [1.165, 1.54) is 86.2 Å². The molecule has 0 radical (unpaired) electrons. The van der Waals surface area contributed by atoms with E-state index in [1.54, 1.807) is 35.0 Å². The highest BCUT2D eigenvalue weighted by Gasteiger charge is 2.59. The Balaban J connectivity index is 0.000000312. The topological polar surface area (TPSA) is 334 Å². The van der Waals surface area contributed by atoms with E-state index in [4.69, 9.17) is 42.6 Å². The summed E-state index contributed by atoms with van der Waals surface area (Å²) in [6.45, 7) is 36.1. The van der Waals surface area contributed by atoms with E-state index < -0.39 is 35.7 Å². The van der Waals surface area contributed by atoms with Gasteiger partial charge in [0.25, 0.3) is 0 Å². The molecule has 6 saturated carbocycles. The molecule has 20 unspecified atom stereocenters. The van der Waals surface area contributed by atoms with E-state index in [9.17, 15) is 57.5 Å². The van der Waals surface area contributed by atoms with Gasteiger partial charge in [0.1, 0.15) is 38.1 Å². The number of fused-ring (bicyclic) bond motifs is 15. The molecule has 0 amide bonds. The molecule has 6 heterocycles. The van der Waals surface area contributed by atoms with E-state index >= 15 is 0 Å². The summed E-state index contributed by atoms with van der Waals surface area (Å²) in [6, 6.07) is 0. The molecule has 6 aliphatic carbocycles. The predicted octanol–water partition coefficient (Wildman–Crippen LogP) is 12.0. The molecule has 614 valence electrons. The number of ether oxygens (including phenoxy) is 14. The lowest BCUT2D eigenvalue weighted by Gasteiger charge is -2.22. The SMILES string of the molecule is CC1OC(=O)C2C3CCC(C3)C12.CCC(C)(C)C(=O)OC.CCC(C)(C)C(=O)OC.CCC(C)(C)C(=O)OC.CCC(C)C(=O)OC1C(=O)OCC1(C)C.CCC(C)C(=O)OC1C(=O)OCC1OC.CCC(C)C(=O)OC1COC(=O)C1.COC.O=C1OCC2C3CCC(C3)C12.O=C1OCC2C3CCC(C3)C12. The highest BCUT2D eigenvalue weighted by molar-refractivity contribution is 5.84. The molecule has 107 heavy (non-hydrogen) atoms. The van der Waals surface area contributed by atoms with Crippen LogP contribution in [0.5, 0.6) is 0 Å². The van der Waals surface area contributed by atoms with Crippen molar-refractivity contribution in [1.82, 2.24) is 0 Å². The minimum absolute atomic E-state index is 0.0969. The quantitative estimate of drug-likeness (QED) is 0.102. The molecule has 12 fully saturated rings. The lowest BCUT2D eigenvalue weighted by Crippen LogP contribution is -2.36. The van der Waals surface area contributed by atoms with Gasteiger partial charge in [-0.25, -0.2) is 9.59 Å². The van der Waals surface area contributed by atoms with Crippen LogP contribution in [0.4, 0.5) is 0 Å². The molecule has 26 nitrogen and oxygen atoms in total. The molecule has 0 aromatic heterocycles. The molecular formula is C81H134O26. The van der Waals surface area contributed by atoms with E-state index in [2.05, 4.69) is 30.6 Å². The van der Waals surface area contributed by atoms with Gasteiger partial charge >= 0.3 is 71.6 Å². The number of hydrogen-bond acceptors (Lipinski definition) is 26. The molecule has 6 bridgehead atoms. The second kappa shape index (κ2) is 43.8. The summed E-state index contributed by atoms with van der Waals surface area (Å²) in [5, 5.41) is 0. The molecule has 12 rings (SSSR count). The van der Waals surface area contributed by atoms with E-state index in [1.807, 2.05) is 96.9 Å². The number of cyclic esters (lactones) is 6. The van der Waals surface area contributed by atoms with Gasteiger partial charge in [-0.05, 0) is 180 Å². The van der Waals surface area contributed by atoms with Crippen molar-refractivity contribution in [3.8, 4) is 0 Å². The zero-order chi connectivity index (χ0) is 81.2. The Labute approximate surface area is 636 Å². The van der Waals surface area contributed by atoms with Crippen molar-refractivity contribution in [3.63, 3.8) is 0 Å². The predicted molar refractivity (Wildman–Crippen MR) is 392 cm³/mol. The summed E-state index contributed by atoms with van der Waals surface area (Å²) in [5.41, 5.74) is -1.35. The molecule has 0 aromatic rings. The molecule has 0 spiro atoms. The molecule has 12 aliphatic rings. The summed E-state index contributed by atoms with van der Waals surface area (Å²) in [5.74, 6) is 4.46. The third kappa shape index (κ3) is 26.4. The molecule has 0 N–H and O–H groups in total. The maximum atomic E-state index is 11.5. The maximum Gasteiger partial charge on any atom is 0.350 e. The van der Waals surface area contributed by atoms with Gasteiger partial charge in [0.2, 0.25) is 12.2 Å². The molecule has 6 saturated heterocycles. The van der Waals surface area contributed by atoms with Gasteiger partial charge < -0.3 is 66.3 Å². The third-order valence-corrected chi connectivity index (χ3v) is 23.9. The first-order valence-corrected chi connectivity index (χ1v) is 39.0. The molecule has 0 aromatic carbocycles. The molecule has 20 atom stereocenters. The van der Waals surface area contributed by atoms with Gasteiger partial charge in [-0.3, -0.25) is 47.9 Å². The number of carbonyl (C=O) groups is 12. The smallest absolute Gasteiger partial charge is 0.350 e. The fraction of sp³-hybridized carbons (Fsp3) is 0.852. The van der Waals surface area contributed by atoms with Gasteiger partial charge in [0, 0.05) is 44.5 Å². The fourth-order valence-electron chi connectivity index (χ4n) is 15.1. The van der Waals surface area contributed by atoms with Crippen LogP contribution >= 0.6 is 0 Å². The van der Waals surface area contributed by atoms with Crippen LogP contribution in [0.3, 0.4) is 0 Å². The number of esters is 12. The maximum absolute atomic E-state index is 11.5. The minimum Gasteiger partial charge on any atom is -0.469 e. The highest BCUT2D eigenvalue weighted by Crippen LogP contribution is 2.58. The van der Waals surface area contributed by atoms with Gasteiger partial charge in [-0.2, -0.15) is 0 Å². The summed E-state index contributed by atoms with van der Waals surface area (Å²) < 4.78 is 67.9. The number of rotatable bonds is 16. The van der Waals surface area contributed by atoms with Crippen LogP contribution in [0.25, 0.3) is 0 Å². The van der Waals surface area contributed by atoms with Crippen molar-refractivity contribution in [1.29, 1.82) is 0 Å². The van der Waals surface area contributed by atoms with Crippen molar-refractivity contribution < 1.29 is 124 Å². The van der Waals surface area contributed by atoms with Crippen LogP contribution in [-0.2, 0) is 124 Å². The normalized spacial score (nSPS) is 30.4. The standard InChI is InChI=1S/C11H18O4.C10H16O5.C10H14O2.C9H14O4.2C9H12O2.3C7H14O2.C2H6O/c1-5-7(2)9(12)15-8-10(13)14-6-11(8,3)4;1-4-6(2)9(11)15-8-7(13-3)5-14-10(8)12;1-5-8-6-2-3-7(4-6)9(8)10(11)12-5;1-3-6(2)9(11)13-7-4-8(10)12-5-7;2*10-9-8-6-2-1-5(3-6)7(8)4-11-9;3*1-5-7(2,3)6(8)9-4;1-3-2/h7-8H,5-6H2,1-4H3;6-8H,4-5H2,1-3H3;5-9H,2-4H2,1H3;6-7H,3-5H2,1-2H3;2*5-8H,1-4H2;3*5H2,1-4H3;1-2H3. The molecule has 26 heteroatoms. The average Bonchev–Trinajstić information content (AvgIpc) is 1.61. The van der Waals surface area contributed by atoms with Crippen LogP contribution in [-0.4, -0.2) is 178 Å². The number of hydrogen-bond donors (Lipinski definition) is 0. The Hall–Kier alpha value is -6.44. The Kier molecular flexibility index (Phi) is 38.8. The Morgan fingerprint density at radius 3 is 1.17 bits per heavy atom. The first-order chi connectivity index (χ1) is 50.1. The largest absolute Gasteiger partial charge is 0.469 e. The van der Waals surface area contributed by atoms with Gasteiger partial charge in [0.15, 0.2) is 0 Å². The highest BCUT2D eigenvalue weighted by atomic mass is 16.6. The Morgan fingerprint density at radius 2 is 0.832 bits per heavy atom. The van der Waals surface area contributed by atoms with E-state index in [-0.39, 0.29) is 126 Å². The van der Waals surface area contributed by atoms with Gasteiger partial charge in [-0.15, -0.1) is 0 Å². The van der Waals surface area contributed by atoms with E-state index in [0.29, 0.717) is 72.7 Å². The first kappa shape index (κ1) is 94.8. The van der Waals surface area contributed by atoms with E-state index in [0.717, 1.165) is 56.7 Å². The van der Waals surface area contributed by atoms with Crippen LogP contribution in [0, 0.1) is 110 Å². The van der Waals surface area contributed by atoms with Crippen molar-refractivity contribution in [2.45, 2.75) is 258 Å².